The van der Waals surface area contributed by atoms with Crippen LogP contribution < -0.4 is 11.1 Å². The highest BCUT2D eigenvalue weighted by molar-refractivity contribution is 5.96. The molecule has 1 aliphatic rings. The quantitative estimate of drug-likeness (QED) is 0.782. The van der Waals surface area contributed by atoms with Crippen molar-refractivity contribution in [3.8, 4) is 11.4 Å². The Morgan fingerprint density at radius 1 is 1.30 bits per heavy atom. The maximum Gasteiger partial charge on any atom is 0.243 e. The van der Waals surface area contributed by atoms with Gasteiger partial charge in [0.2, 0.25) is 5.91 Å². The summed E-state index contributed by atoms with van der Waals surface area (Å²) in [5.41, 5.74) is 8.46. The Labute approximate surface area is 171 Å². The average molecular weight is 416 g/mol. The highest BCUT2D eigenvalue weighted by Gasteiger charge is 2.18. The molecule has 150 valence electrons. The molecule has 7 nitrogen and oxygen atoms in total. The van der Waals surface area contributed by atoms with Gasteiger partial charge in [-0.15, -0.1) is 35.0 Å². The number of aryl methyl sites for hydroxylation is 2. The minimum atomic E-state index is -0.697. The van der Waals surface area contributed by atoms with Crippen LogP contribution in [0.3, 0.4) is 0 Å². The first-order valence-corrected chi connectivity index (χ1v) is 8.68. The average Bonchev–Trinajstić information content (AvgIpc) is 2.85. The van der Waals surface area contributed by atoms with Crippen molar-refractivity contribution in [3.63, 3.8) is 0 Å². The smallest absolute Gasteiger partial charge is 0.243 e. The lowest BCUT2D eigenvalue weighted by Crippen LogP contribution is -2.39. The molecule has 0 fully saturated rings. The third kappa shape index (κ3) is 5.42. The van der Waals surface area contributed by atoms with Gasteiger partial charge in [-0.25, -0.2) is 0 Å². The van der Waals surface area contributed by atoms with Gasteiger partial charge in [0.25, 0.3) is 0 Å². The van der Waals surface area contributed by atoms with Gasteiger partial charge < -0.3 is 20.4 Å². The number of rotatable bonds is 5. The molecule has 0 saturated carbocycles. The van der Waals surface area contributed by atoms with Crippen LogP contribution in [0.5, 0.6) is 0 Å². The number of nitrogens with two attached hydrogens (primary N) is 1. The van der Waals surface area contributed by atoms with Crippen LogP contribution in [0.2, 0.25) is 0 Å². The third-order valence-electron chi connectivity index (χ3n) is 4.55. The van der Waals surface area contributed by atoms with Gasteiger partial charge in [-0.05, 0) is 31.4 Å². The molecule has 2 aromatic rings. The molecule has 27 heavy (non-hydrogen) atoms. The Kier molecular flexibility index (Phi) is 9.18. The number of benzene rings is 1. The second kappa shape index (κ2) is 10.6. The number of carbonyl (C=O) groups excluding carboxylic acids is 1. The number of hydrogen-bond acceptors (Lipinski definition) is 5. The van der Waals surface area contributed by atoms with Crippen molar-refractivity contribution in [1.29, 1.82) is 0 Å². The fourth-order valence-corrected chi connectivity index (χ4v) is 3.08. The molecule has 2 heterocycles. The fraction of sp³-hybridized carbons (Fsp3) is 0.500. The number of hydrogen-bond donors (Lipinski definition) is 2. The van der Waals surface area contributed by atoms with Crippen molar-refractivity contribution in [2.24, 2.45) is 5.73 Å². The first kappa shape index (κ1) is 23.4. The van der Waals surface area contributed by atoms with Crippen molar-refractivity contribution in [2.45, 2.75) is 45.2 Å². The zero-order valence-electron chi connectivity index (χ0n) is 15.6. The molecule has 1 atom stereocenters. The molecule has 0 aliphatic carbocycles. The van der Waals surface area contributed by atoms with E-state index < -0.39 is 6.04 Å². The summed E-state index contributed by atoms with van der Waals surface area (Å²) in [7, 11) is 1.52. The van der Waals surface area contributed by atoms with E-state index in [2.05, 4.69) is 20.1 Å². The predicted molar refractivity (Wildman–Crippen MR) is 111 cm³/mol. The van der Waals surface area contributed by atoms with E-state index in [0.717, 1.165) is 54.3 Å². The number of nitrogens with zero attached hydrogens (tertiary/aromatic N) is 3. The van der Waals surface area contributed by atoms with E-state index in [1.807, 2.05) is 25.1 Å². The fourth-order valence-electron chi connectivity index (χ4n) is 3.08. The van der Waals surface area contributed by atoms with Gasteiger partial charge in [-0.2, -0.15) is 0 Å². The Bertz CT molecular complexity index is 766. The van der Waals surface area contributed by atoms with E-state index >= 15 is 0 Å². The summed E-state index contributed by atoms with van der Waals surface area (Å²) in [6, 6.07) is 5.24. The van der Waals surface area contributed by atoms with Crippen LogP contribution in [0.1, 0.15) is 30.7 Å². The van der Waals surface area contributed by atoms with Gasteiger partial charge in [0.05, 0.1) is 6.61 Å². The summed E-state index contributed by atoms with van der Waals surface area (Å²) in [6.07, 6.45) is 4.48. The standard InChI is InChI=1S/C18H25N5O2.2ClH/c1-12-7-8-13(10-15(12)20-18(24)14(19)11-25-2)17-22-21-16-6-4-3-5-9-23(16)17;;/h7-8,10,14H,3-6,9,11,19H2,1-2H3,(H,20,24);2*1H. The molecule has 0 saturated heterocycles. The Balaban J connectivity index is 0.00000182. The van der Waals surface area contributed by atoms with Crippen molar-refractivity contribution >= 4 is 36.4 Å². The SMILES string of the molecule is COCC(N)C(=O)Nc1cc(-c2nnc3n2CCCCC3)ccc1C.Cl.Cl. The monoisotopic (exact) mass is 415 g/mol. The summed E-state index contributed by atoms with van der Waals surface area (Å²) in [5.74, 6) is 1.64. The second-order valence-corrected chi connectivity index (χ2v) is 6.48. The summed E-state index contributed by atoms with van der Waals surface area (Å²) >= 11 is 0. The van der Waals surface area contributed by atoms with Gasteiger partial charge in [-0.1, -0.05) is 18.6 Å². The van der Waals surface area contributed by atoms with Gasteiger partial charge in [0.1, 0.15) is 11.9 Å². The molecular formula is C18H27Cl2N5O2. The van der Waals surface area contributed by atoms with E-state index in [-0.39, 0.29) is 37.3 Å². The number of ether oxygens (including phenoxy) is 1. The number of methoxy groups -OCH3 is 1. The molecular weight excluding hydrogens is 389 g/mol. The molecule has 1 unspecified atom stereocenters. The summed E-state index contributed by atoms with van der Waals surface area (Å²) < 4.78 is 7.14. The maximum absolute atomic E-state index is 12.2. The van der Waals surface area contributed by atoms with Crippen LogP contribution in [0.4, 0.5) is 5.69 Å². The van der Waals surface area contributed by atoms with Gasteiger partial charge >= 0.3 is 0 Å². The van der Waals surface area contributed by atoms with Crippen LogP contribution in [0.25, 0.3) is 11.4 Å². The van der Waals surface area contributed by atoms with E-state index in [4.69, 9.17) is 10.5 Å². The van der Waals surface area contributed by atoms with Crippen molar-refractivity contribution in [1.82, 2.24) is 14.8 Å². The minimum Gasteiger partial charge on any atom is -0.383 e. The predicted octanol–water partition coefficient (Wildman–Crippen LogP) is 2.74. The number of nitrogens with one attached hydrogen (secondary N) is 1. The molecule has 1 aromatic carbocycles. The number of amides is 1. The molecule has 0 spiro atoms. The normalized spacial score (nSPS) is 14.2. The van der Waals surface area contributed by atoms with Crippen molar-refractivity contribution < 1.29 is 9.53 Å². The van der Waals surface area contributed by atoms with Crippen LogP contribution in [-0.2, 0) is 22.5 Å². The Hall–Kier alpha value is -1.67. The minimum absolute atomic E-state index is 0. The highest BCUT2D eigenvalue weighted by atomic mass is 35.5. The van der Waals surface area contributed by atoms with Crippen LogP contribution in [0, 0.1) is 6.92 Å². The van der Waals surface area contributed by atoms with Gasteiger partial charge in [-0.3, -0.25) is 4.79 Å². The molecule has 1 amide bonds. The number of anilines is 1. The lowest BCUT2D eigenvalue weighted by atomic mass is 10.1. The summed E-state index contributed by atoms with van der Waals surface area (Å²) in [4.78, 5) is 12.2. The molecule has 0 radical (unpaired) electrons. The van der Waals surface area contributed by atoms with E-state index in [1.54, 1.807) is 0 Å². The van der Waals surface area contributed by atoms with Crippen LogP contribution in [0.15, 0.2) is 18.2 Å². The van der Waals surface area contributed by atoms with Crippen molar-refractivity contribution in [3.05, 3.63) is 29.6 Å². The first-order chi connectivity index (χ1) is 12.1. The zero-order valence-corrected chi connectivity index (χ0v) is 17.2. The van der Waals surface area contributed by atoms with E-state index in [9.17, 15) is 4.79 Å². The second-order valence-electron chi connectivity index (χ2n) is 6.48. The third-order valence-corrected chi connectivity index (χ3v) is 4.55. The Morgan fingerprint density at radius 3 is 2.81 bits per heavy atom. The van der Waals surface area contributed by atoms with E-state index in [1.165, 1.54) is 13.5 Å². The van der Waals surface area contributed by atoms with E-state index in [0.29, 0.717) is 0 Å². The van der Waals surface area contributed by atoms with Crippen LogP contribution >= 0.6 is 24.8 Å². The highest BCUT2D eigenvalue weighted by Crippen LogP contribution is 2.27. The zero-order chi connectivity index (χ0) is 17.8. The number of carbonyl (C=O) groups is 1. The molecule has 3 N–H and O–H groups in total. The lowest BCUT2D eigenvalue weighted by Gasteiger charge is -2.14. The maximum atomic E-state index is 12.2. The molecule has 3 rings (SSSR count). The molecule has 1 aromatic heterocycles. The van der Waals surface area contributed by atoms with Crippen LogP contribution in [-0.4, -0.2) is 40.4 Å². The Morgan fingerprint density at radius 2 is 2.07 bits per heavy atom. The number of halogens is 2. The molecule has 1 aliphatic heterocycles. The largest absolute Gasteiger partial charge is 0.383 e. The number of fused-ring (bicyclic) bond motifs is 1. The molecule has 0 bridgehead atoms. The van der Waals surface area contributed by atoms with Gasteiger partial charge in [0.15, 0.2) is 5.82 Å². The summed E-state index contributed by atoms with van der Waals surface area (Å²) in [6.45, 7) is 3.07. The lowest BCUT2D eigenvalue weighted by molar-refractivity contribution is -0.118. The molecule has 9 heteroatoms. The summed E-state index contributed by atoms with van der Waals surface area (Å²) in [5, 5.41) is 11.6. The van der Waals surface area contributed by atoms with Crippen molar-refractivity contribution in [2.75, 3.05) is 19.0 Å². The first-order valence-electron chi connectivity index (χ1n) is 8.68. The topological polar surface area (TPSA) is 95.1 Å². The van der Waals surface area contributed by atoms with Gasteiger partial charge in [0, 0.05) is 31.3 Å². The number of aromatic nitrogens is 3.